The van der Waals surface area contributed by atoms with Crippen molar-refractivity contribution in [1.29, 1.82) is 0 Å². The molecule has 206 valence electrons. The second kappa shape index (κ2) is 15.7. The fourth-order valence-electron chi connectivity index (χ4n) is 4.33. The molecule has 2 aromatic rings. The summed E-state index contributed by atoms with van der Waals surface area (Å²) in [5.74, 6) is 1.48. The lowest BCUT2D eigenvalue weighted by atomic mass is 10.2. The first-order chi connectivity index (χ1) is 18.6. The number of rotatable bonds is 6. The van der Waals surface area contributed by atoms with Crippen LogP contribution in [0, 0.1) is 0 Å². The molecule has 0 unspecified atom stereocenters. The Bertz CT molecular complexity index is 1080. The fourth-order valence-corrected chi connectivity index (χ4v) is 4.51. The van der Waals surface area contributed by atoms with E-state index in [1.807, 2.05) is 37.4 Å². The Morgan fingerprint density at radius 2 is 1.55 bits per heavy atom. The molecule has 0 saturated carbocycles. The second-order valence-corrected chi connectivity index (χ2v) is 9.22. The van der Waals surface area contributed by atoms with Crippen LogP contribution in [0.15, 0.2) is 65.1 Å². The number of para-hydroxylation sites is 2. The van der Waals surface area contributed by atoms with Crippen molar-refractivity contribution < 1.29 is 4.74 Å². The highest BCUT2D eigenvalue weighted by molar-refractivity contribution is 6.31. The van der Waals surface area contributed by atoms with E-state index in [1.54, 1.807) is 14.1 Å². The third-order valence-electron chi connectivity index (χ3n) is 6.27. The number of aliphatic imine (C=N–C) groups is 2. The van der Waals surface area contributed by atoms with Crippen molar-refractivity contribution in [3.63, 3.8) is 0 Å². The molecular weight excluding hydrogens is 500 g/mol. The molecule has 0 radical (unpaired) electrons. The average Bonchev–Trinajstić information content (AvgIpc) is 3.50. The predicted molar refractivity (Wildman–Crippen MR) is 164 cm³/mol. The van der Waals surface area contributed by atoms with Crippen molar-refractivity contribution in [2.45, 2.75) is 12.8 Å². The topological polar surface area (TPSA) is 88.5 Å². The third-order valence-corrected chi connectivity index (χ3v) is 6.50. The Kier molecular flexibility index (Phi) is 12.1. The summed E-state index contributed by atoms with van der Waals surface area (Å²) in [7, 11) is 5.34. The minimum atomic E-state index is 0.700. The average molecular weight is 541 g/mol. The summed E-state index contributed by atoms with van der Waals surface area (Å²) in [6.45, 7) is 9.95. The molecule has 2 fully saturated rings. The third kappa shape index (κ3) is 8.56. The van der Waals surface area contributed by atoms with Gasteiger partial charge >= 0.3 is 0 Å². The van der Waals surface area contributed by atoms with Crippen molar-refractivity contribution >= 4 is 46.3 Å². The molecule has 0 aliphatic carbocycles. The molecule has 10 heteroatoms. The zero-order chi connectivity index (χ0) is 27.2. The van der Waals surface area contributed by atoms with Gasteiger partial charge in [0.25, 0.3) is 0 Å². The molecule has 0 spiro atoms. The molecule has 0 aromatic heterocycles. The van der Waals surface area contributed by atoms with E-state index in [4.69, 9.17) is 16.3 Å². The molecule has 2 saturated heterocycles. The number of benzene rings is 2. The molecule has 38 heavy (non-hydrogen) atoms. The first-order valence-corrected chi connectivity index (χ1v) is 13.4. The first-order valence-electron chi connectivity index (χ1n) is 13.1. The lowest BCUT2D eigenvalue weighted by molar-refractivity contribution is 0.123. The second-order valence-electron chi connectivity index (χ2n) is 8.79. The summed E-state index contributed by atoms with van der Waals surface area (Å²) in [4.78, 5) is 13.0. The highest BCUT2D eigenvalue weighted by atomic mass is 35.5. The number of hydrogen-bond acceptors (Lipinski definition) is 5. The summed E-state index contributed by atoms with van der Waals surface area (Å²) in [6, 6.07) is 14.2. The van der Waals surface area contributed by atoms with E-state index in [2.05, 4.69) is 65.8 Å². The van der Waals surface area contributed by atoms with Crippen LogP contribution in [0.1, 0.15) is 12.8 Å². The maximum atomic E-state index is 6.08. The van der Waals surface area contributed by atoms with Gasteiger partial charge < -0.3 is 35.8 Å². The zero-order valence-corrected chi connectivity index (χ0v) is 23.5. The van der Waals surface area contributed by atoms with Crippen LogP contribution < -0.4 is 31.1 Å². The van der Waals surface area contributed by atoms with Gasteiger partial charge in [-0.05, 0) is 43.2 Å². The monoisotopic (exact) mass is 540 g/mol. The van der Waals surface area contributed by atoms with Gasteiger partial charge in [0, 0.05) is 58.9 Å². The maximum absolute atomic E-state index is 6.08. The minimum Gasteiger partial charge on any atom is -0.378 e. The molecule has 2 aliphatic rings. The highest BCUT2D eigenvalue weighted by Gasteiger charge is 2.17. The van der Waals surface area contributed by atoms with E-state index in [-0.39, 0.29) is 0 Å². The highest BCUT2D eigenvalue weighted by Crippen LogP contribution is 2.30. The maximum Gasteiger partial charge on any atom is 0.195 e. The Labute approximate surface area is 232 Å². The van der Waals surface area contributed by atoms with E-state index in [0.717, 1.165) is 62.4 Å². The van der Waals surface area contributed by atoms with E-state index >= 15 is 0 Å². The number of nitrogens with zero attached hydrogens (tertiary/aromatic N) is 4. The van der Waals surface area contributed by atoms with Gasteiger partial charge in [-0.15, -0.1) is 6.58 Å². The van der Waals surface area contributed by atoms with Crippen LogP contribution in [0.2, 0.25) is 5.02 Å². The quantitative estimate of drug-likeness (QED) is 0.247. The molecular formula is C28H41ClN8O. The van der Waals surface area contributed by atoms with Gasteiger partial charge in [-0.25, -0.2) is 0 Å². The molecule has 9 nitrogen and oxygen atoms in total. The summed E-state index contributed by atoms with van der Waals surface area (Å²) in [6.07, 6.45) is 4.37. The van der Waals surface area contributed by atoms with Crippen molar-refractivity contribution in [2.24, 2.45) is 9.98 Å². The van der Waals surface area contributed by atoms with Gasteiger partial charge in [-0.2, -0.15) is 0 Å². The van der Waals surface area contributed by atoms with Gasteiger partial charge in [0.05, 0.1) is 36.0 Å². The van der Waals surface area contributed by atoms with Gasteiger partial charge in [0.15, 0.2) is 11.9 Å². The summed E-state index contributed by atoms with van der Waals surface area (Å²) in [5, 5.41) is 13.5. The summed E-state index contributed by atoms with van der Waals surface area (Å²) in [5.41, 5.74) is 4.41. The molecule has 0 bridgehead atoms. The van der Waals surface area contributed by atoms with Crippen LogP contribution in [-0.2, 0) is 4.74 Å². The Morgan fingerprint density at radius 3 is 2.21 bits per heavy atom. The van der Waals surface area contributed by atoms with Crippen molar-refractivity contribution in [1.82, 2.24) is 10.6 Å². The van der Waals surface area contributed by atoms with E-state index < -0.39 is 0 Å². The van der Waals surface area contributed by atoms with E-state index in [0.29, 0.717) is 17.5 Å². The number of ether oxygens (including phenoxy) is 1. The molecule has 0 atom stereocenters. The van der Waals surface area contributed by atoms with Gasteiger partial charge in [0.1, 0.15) is 0 Å². The zero-order valence-electron chi connectivity index (χ0n) is 22.8. The summed E-state index contributed by atoms with van der Waals surface area (Å²) < 4.78 is 5.38. The lowest BCUT2D eigenvalue weighted by Gasteiger charge is -2.30. The van der Waals surface area contributed by atoms with Crippen molar-refractivity contribution in [3.05, 3.63) is 60.1 Å². The number of guanidine groups is 2. The van der Waals surface area contributed by atoms with E-state index in [1.165, 1.54) is 18.5 Å². The lowest BCUT2D eigenvalue weighted by Crippen LogP contribution is -2.37. The Morgan fingerprint density at radius 1 is 0.921 bits per heavy atom. The molecule has 2 aliphatic heterocycles. The van der Waals surface area contributed by atoms with E-state index in [9.17, 15) is 0 Å². The van der Waals surface area contributed by atoms with Crippen LogP contribution in [0.25, 0.3) is 0 Å². The first kappa shape index (κ1) is 29.1. The normalized spacial score (nSPS) is 15.9. The molecule has 0 amide bonds. The Hall–Kier alpha value is -3.43. The number of halogens is 1. The largest absolute Gasteiger partial charge is 0.378 e. The van der Waals surface area contributed by atoms with Gasteiger partial charge in [0.2, 0.25) is 0 Å². The SMILES string of the molecule is C=CCNC(=NC)Nc1ccccc1N1CCCC1.CN=C(NC)Nc1cc(Cl)ccc1N1CCOCC1. The Balaban J connectivity index is 0.000000211. The van der Waals surface area contributed by atoms with Crippen molar-refractivity contribution in [2.75, 3.05) is 87.5 Å². The van der Waals surface area contributed by atoms with Gasteiger partial charge in [-0.3, -0.25) is 9.98 Å². The van der Waals surface area contributed by atoms with Gasteiger partial charge in [-0.1, -0.05) is 29.8 Å². The molecule has 2 heterocycles. The van der Waals surface area contributed by atoms with Crippen molar-refractivity contribution in [3.8, 4) is 0 Å². The summed E-state index contributed by atoms with van der Waals surface area (Å²) >= 11 is 6.08. The minimum absolute atomic E-state index is 0.700. The van der Waals surface area contributed by atoms with Crippen LogP contribution in [-0.4, -0.2) is 79.0 Å². The predicted octanol–water partition coefficient (Wildman–Crippen LogP) is 4.25. The molecule has 4 N–H and O–H groups in total. The molecule has 4 rings (SSSR count). The smallest absolute Gasteiger partial charge is 0.195 e. The van der Waals surface area contributed by atoms with Crippen LogP contribution in [0.3, 0.4) is 0 Å². The van der Waals surface area contributed by atoms with Crippen LogP contribution >= 0.6 is 11.6 Å². The number of morpholine rings is 1. The number of hydrogen-bond donors (Lipinski definition) is 4. The van der Waals surface area contributed by atoms with Crippen LogP contribution in [0.4, 0.5) is 22.7 Å². The number of nitrogens with one attached hydrogen (secondary N) is 4. The number of anilines is 4. The van der Waals surface area contributed by atoms with Crippen LogP contribution in [0.5, 0.6) is 0 Å². The standard InChI is InChI=1S/C15H22N4.C13H19ClN4O/c1-3-10-17-15(16-2)18-13-8-4-5-9-14(13)19-11-6-7-12-19;1-15-13(16-2)17-11-9-10(14)3-4-12(11)18-5-7-19-8-6-18/h3-5,8-9H,1,6-7,10-12H2,2H3,(H2,16,17,18);3-4,9H,5-8H2,1-2H3,(H2,15,16,17). The molecule has 2 aromatic carbocycles. The fraction of sp³-hybridized carbons (Fsp3) is 0.429.